The summed E-state index contributed by atoms with van der Waals surface area (Å²) in [5, 5.41) is 12.4. The highest BCUT2D eigenvalue weighted by atomic mass is 35.5. The molecule has 1 fully saturated rings. The van der Waals surface area contributed by atoms with Crippen LogP contribution in [0.25, 0.3) is 0 Å². The average Bonchev–Trinajstić information content (AvgIpc) is 2.62. The highest BCUT2D eigenvalue weighted by Gasteiger charge is 2.31. The van der Waals surface area contributed by atoms with E-state index in [-0.39, 0.29) is 16.7 Å². The fourth-order valence-corrected chi connectivity index (χ4v) is 4.19. The molecule has 1 heterocycles. The minimum Gasteiger partial charge on any atom is -0.370 e. The van der Waals surface area contributed by atoms with Gasteiger partial charge in [-0.15, -0.1) is 0 Å². The SMILES string of the molecule is CS(=O)(=O)c1cccc(N2CCOC(c3ccc(Cl)c(Cl)c3)C2)c1[N+](=O)[O-]. The van der Waals surface area contributed by atoms with Crippen molar-refractivity contribution in [2.75, 3.05) is 30.9 Å². The van der Waals surface area contributed by atoms with E-state index in [2.05, 4.69) is 0 Å². The largest absolute Gasteiger partial charge is 0.370 e. The molecule has 3 rings (SSSR count). The van der Waals surface area contributed by atoms with E-state index in [0.29, 0.717) is 29.7 Å². The van der Waals surface area contributed by atoms with E-state index < -0.39 is 20.4 Å². The molecule has 1 aliphatic rings. The van der Waals surface area contributed by atoms with E-state index >= 15 is 0 Å². The molecule has 7 nitrogen and oxygen atoms in total. The van der Waals surface area contributed by atoms with Gasteiger partial charge in [0, 0.05) is 19.3 Å². The molecule has 0 aromatic heterocycles. The fraction of sp³-hybridized carbons (Fsp3) is 0.294. The maximum absolute atomic E-state index is 12.0. The van der Waals surface area contributed by atoms with Gasteiger partial charge in [-0.3, -0.25) is 10.1 Å². The summed E-state index contributed by atoms with van der Waals surface area (Å²) in [6.45, 7) is 1.03. The van der Waals surface area contributed by atoms with Gasteiger partial charge in [-0.05, 0) is 29.8 Å². The fourth-order valence-electron chi connectivity index (χ4n) is 3.03. The zero-order valence-electron chi connectivity index (χ0n) is 14.3. The first kappa shape index (κ1) is 19.9. The van der Waals surface area contributed by atoms with Crippen LogP contribution in [0.2, 0.25) is 10.0 Å². The van der Waals surface area contributed by atoms with E-state index in [1.54, 1.807) is 29.2 Å². The quantitative estimate of drug-likeness (QED) is 0.539. The van der Waals surface area contributed by atoms with Crippen molar-refractivity contribution in [1.29, 1.82) is 0 Å². The Morgan fingerprint density at radius 2 is 1.96 bits per heavy atom. The summed E-state index contributed by atoms with van der Waals surface area (Å²) in [6, 6.07) is 9.43. The molecule has 0 aliphatic carbocycles. The van der Waals surface area contributed by atoms with Crippen LogP contribution in [0, 0.1) is 10.1 Å². The van der Waals surface area contributed by atoms with Crippen LogP contribution in [0.1, 0.15) is 11.7 Å². The van der Waals surface area contributed by atoms with E-state index in [0.717, 1.165) is 11.8 Å². The molecule has 27 heavy (non-hydrogen) atoms. The van der Waals surface area contributed by atoms with Crippen molar-refractivity contribution in [1.82, 2.24) is 0 Å². The number of para-hydroxylation sites is 1. The van der Waals surface area contributed by atoms with Crippen molar-refractivity contribution >= 4 is 44.4 Å². The van der Waals surface area contributed by atoms with Crippen LogP contribution in [0.5, 0.6) is 0 Å². The molecule has 0 spiro atoms. The number of morpholine rings is 1. The average molecular weight is 431 g/mol. The standard InChI is InChI=1S/C17H16Cl2N2O5S/c1-27(24,25)16-4-2-3-14(17(16)21(22)23)20-7-8-26-15(10-20)11-5-6-12(18)13(19)9-11/h2-6,9,15H,7-8,10H2,1H3. The maximum atomic E-state index is 12.0. The number of ether oxygens (including phenoxy) is 1. The van der Waals surface area contributed by atoms with Crippen molar-refractivity contribution < 1.29 is 18.1 Å². The zero-order valence-corrected chi connectivity index (χ0v) is 16.6. The number of hydrogen-bond acceptors (Lipinski definition) is 6. The predicted octanol–water partition coefficient (Wildman–Crippen LogP) is 3.88. The molecular weight excluding hydrogens is 415 g/mol. The topological polar surface area (TPSA) is 89.8 Å². The van der Waals surface area contributed by atoms with Gasteiger partial charge < -0.3 is 9.64 Å². The summed E-state index contributed by atoms with van der Waals surface area (Å²) >= 11 is 12.0. The van der Waals surface area contributed by atoms with Crippen LogP contribution in [0.3, 0.4) is 0 Å². The number of rotatable bonds is 4. The minimum absolute atomic E-state index is 0.247. The smallest absolute Gasteiger partial charge is 0.311 e. The summed E-state index contributed by atoms with van der Waals surface area (Å²) in [5.74, 6) is 0. The monoisotopic (exact) mass is 430 g/mol. The van der Waals surface area contributed by atoms with E-state index in [9.17, 15) is 18.5 Å². The van der Waals surface area contributed by atoms with Gasteiger partial charge >= 0.3 is 5.69 Å². The van der Waals surface area contributed by atoms with Gasteiger partial charge in [-0.2, -0.15) is 0 Å². The van der Waals surface area contributed by atoms with E-state index in [4.69, 9.17) is 27.9 Å². The maximum Gasteiger partial charge on any atom is 0.311 e. The summed E-state index contributed by atoms with van der Waals surface area (Å²) in [7, 11) is -3.75. The molecule has 144 valence electrons. The second-order valence-electron chi connectivity index (χ2n) is 6.13. The van der Waals surface area contributed by atoms with E-state index in [1.165, 1.54) is 12.1 Å². The number of nitro benzene ring substituents is 1. The molecule has 1 saturated heterocycles. The van der Waals surface area contributed by atoms with Crippen molar-refractivity contribution in [3.8, 4) is 0 Å². The number of hydrogen-bond donors (Lipinski definition) is 0. The Balaban J connectivity index is 1.99. The van der Waals surface area contributed by atoms with Crippen LogP contribution in [-0.4, -0.2) is 39.3 Å². The first-order valence-electron chi connectivity index (χ1n) is 7.97. The second-order valence-corrected chi connectivity index (χ2v) is 8.93. The highest BCUT2D eigenvalue weighted by molar-refractivity contribution is 7.90. The van der Waals surface area contributed by atoms with Crippen LogP contribution in [-0.2, 0) is 14.6 Å². The van der Waals surface area contributed by atoms with Crippen LogP contribution in [0.15, 0.2) is 41.3 Å². The zero-order chi connectivity index (χ0) is 19.8. The molecule has 0 N–H and O–H groups in total. The Labute approximate surface area is 166 Å². The Morgan fingerprint density at radius 1 is 1.22 bits per heavy atom. The molecule has 0 amide bonds. The van der Waals surface area contributed by atoms with Gasteiger partial charge in [-0.25, -0.2) is 8.42 Å². The summed E-state index contributed by atoms with van der Waals surface area (Å²) < 4.78 is 29.7. The molecule has 10 heteroatoms. The number of nitrogens with zero attached hydrogens (tertiary/aromatic N) is 2. The molecule has 2 aromatic rings. The number of benzene rings is 2. The van der Waals surface area contributed by atoms with Crippen molar-refractivity contribution in [3.05, 3.63) is 62.1 Å². The van der Waals surface area contributed by atoms with Gasteiger partial charge in [0.15, 0.2) is 9.84 Å². The van der Waals surface area contributed by atoms with Crippen LogP contribution < -0.4 is 4.90 Å². The lowest BCUT2D eigenvalue weighted by Crippen LogP contribution is -2.38. The first-order valence-corrected chi connectivity index (χ1v) is 10.6. The molecule has 0 radical (unpaired) electrons. The van der Waals surface area contributed by atoms with Crippen molar-refractivity contribution in [2.24, 2.45) is 0 Å². The van der Waals surface area contributed by atoms with Gasteiger partial charge in [0.2, 0.25) is 0 Å². The molecule has 0 saturated carbocycles. The first-order chi connectivity index (χ1) is 12.7. The molecule has 2 aromatic carbocycles. The molecule has 1 atom stereocenters. The molecule has 1 aliphatic heterocycles. The Hall–Kier alpha value is -1.87. The Bertz CT molecular complexity index is 997. The number of nitro groups is 1. The van der Waals surface area contributed by atoms with Gasteiger partial charge in [-0.1, -0.05) is 35.3 Å². The van der Waals surface area contributed by atoms with Gasteiger partial charge in [0.1, 0.15) is 16.7 Å². The summed E-state index contributed by atoms with van der Waals surface area (Å²) in [4.78, 5) is 12.4. The Kier molecular flexibility index (Phi) is 5.62. The Morgan fingerprint density at radius 3 is 2.59 bits per heavy atom. The highest BCUT2D eigenvalue weighted by Crippen LogP contribution is 2.37. The molecular formula is C17H16Cl2N2O5S. The van der Waals surface area contributed by atoms with Gasteiger partial charge in [0.25, 0.3) is 0 Å². The molecule has 1 unspecified atom stereocenters. The lowest BCUT2D eigenvalue weighted by molar-refractivity contribution is -0.387. The summed E-state index contributed by atoms with van der Waals surface area (Å²) in [5.41, 5.74) is 0.613. The summed E-state index contributed by atoms with van der Waals surface area (Å²) in [6.07, 6.45) is 0.576. The molecule has 0 bridgehead atoms. The van der Waals surface area contributed by atoms with Crippen LogP contribution in [0.4, 0.5) is 11.4 Å². The van der Waals surface area contributed by atoms with Crippen molar-refractivity contribution in [2.45, 2.75) is 11.0 Å². The third-order valence-electron chi connectivity index (χ3n) is 4.28. The minimum atomic E-state index is -3.75. The third-order valence-corrected chi connectivity index (χ3v) is 6.15. The van der Waals surface area contributed by atoms with Gasteiger partial charge in [0.05, 0.1) is 21.6 Å². The lowest BCUT2D eigenvalue weighted by Gasteiger charge is -2.34. The van der Waals surface area contributed by atoms with E-state index in [1.807, 2.05) is 0 Å². The second kappa shape index (κ2) is 7.63. The lowest BCUT2D eigenvalue weighted by atomic mass is 10.1. The van der Waals surface area contributed by atoms with Crippen LogP contribution >= 0.6 is 23.2 Å². The predicted molar refractivity (Wildman–Crippen MR) is 104 cm³/mol. The normalized spacial score (nSPS) is 17.7. The van der Waals surface area contributed by atoms with Crippen molar-refractivity contribution in [3.63, 3.8) is 0 Å². The third kappa shape index (κ3) is 4.19. The number of sulfone groups is 1. The number of anilines is 1. The number of halogens is 2.